The number of ether oxygens (including phenoxy) is 1. The van der Waals surface area contributed by atoms with E-state index in [4.69, 9.17) is 10.5 Å². The van der Waals surface area contributed by atoms with Crippen LogP contribution in [0.15, 0.2) is 18.2 Å². The summed E-state index contributed by atoms with van der Waals surface area (Å²) in [5.74, 6) is -0.103. The Morgan fingerprint density at radius 3 is 2.23 bits per heavy atom. The summed E-state index contributed by atoms with van der Waals surface area (Å²) in [5, 5.41) is 0. The number of amides is 1. The van der Waals surface area contributed by atoms with E-state index in [0.29, 0.717) is 63.7 Å². The summed E-state index contributed by atoms with van der Waals surface area (Å²) < 4.78 is 33.4. The molecule has 1 aromatic carbocycles. The lowest BCUT2D eigenvalue weighted by molar-refractivity contribution is 0.0636. The second kappa shape index (κ2) is 8.53. The molecule has 0 saturated carbocycles. The van der Waals surface area contributed by atoms with Crippen LogP contribution in [-0.4, -0.2) is 80.3 Å². The van der Waals surface area contributed by atoms with Gasteiger partial charge in [-0.1, -0.05) is 6.07 Å². The molecule has 2 aliphatic heterocycles. The molecule has 2 heterocycles. The Kier molecular flexibility index (Phi) is 6.86. The topological polar surface area (TPSA) is 96.2 Å². The Labute approximate surface area is 160 Å². The van der Waals surface area contributed by atoms with Crippen molar-refractivity contribution >= 4 is 34.2 Å². The summed E-state index contributed by atoms with van der Waals surface area (Å²) in [7, 11) is -3.49. The van der Waals surface area contributed by atoms with Crippen LogP contribution in [0, 0.1) is 6.92 Å². The van der Waals surface area contributed by atoms with Gasteiger partial charge < -0.3 is 15.4 Å². The minimum atomic E-state index is -3.49. The van der Waals surface area contributed by atoms with Crippen LogP contribution in [-0.2, 0) is 14.9 Å². The molecule has 8 nitrogen and oxygen atoms in total. The molecule has 3 rings (SSSR count). The number of benzene rings is 1. The minimum Gasteiger partial charge on any atom is -0.399 e. The van der Waals surface area contributed by atoms with Crippen molar-refractivity contribution in [3.8, 4) is 0 Å². The molecule has 0 unspecified atom stereocenters. The Balaban J connectivity index is 0.00000243. The highest BCUT2D eigenvalue weighted by molar-refractivity contribution is 7.86. The van der Waals surface area contributed by atoms with Crippen molar-refractivity contribution < 1.29 is 17.9 Å². The second-order valence-electron chi connectivity index (χ2n) is 6.28. The van der Waals surface area contributed by atoms with Crippen molar-refractivity contribution in [3.05, 3.63) is 29.3 Å². The van der Waals surface area contributed by atoms with Crippen molar-refractivity contribution in [3.63, 3.8) is 0 Å². The fourth-order valence-corrected chi connectivity index (χ4v) is 4.66. The van der Waals surface area contributed by atoms with Crippen LogP contribution >= 0.6 is 12.4 Å². The molecular weight excluding hydrogens is 380 g/mol. The predicted octanol–water partition coefficient (Wildman–Crippen LogP) is 0.334. The molecule has 10 heteroatoms. The molecule has 1 aromatic rings. The molecule has 2 fully saturated rings. The normalized spacial score (nSPS) is 19.8. The quantitative estimate of drug-likeness (QED) is 0.732. The molecule has 0 aromatic heterocycles. The van der Waals surface area contributed by atoms with Crippen molar-refractivity contribution in [1.29, 1.82) is 0 Å². The number of aryl methyl sites for hydroxylation is 1. The molecule has 146 valence electrons. The van der Waals surface area contributed by atoms with Gasteiger partial charge >= 0.3 is 0 Å². The smallest absolute Gasteiger partial charge is 0.282 e. The highest BCUT2D eigenvalue weighted by Gasteiger charge is 2.34. The van der Waals surface area contributed by atoms with E-state index >= 15 is 0 Å². The third kappa shape index (κ3) is 4.29. The van der Waals surface area contributed by atoms with Crippen LogP contribution < -0.4 is 5.73 Å². The molecule has 2 N–H and O–H groups in total. The summed E-state index contributed by atoms with van der Waals surface area (Å²) in [6.45, 7) is 4.81. The van der Waals surface area contributed by atoms with Crippen molar-refractivity contribution in [2.45, 2.75) is 6.92 Å². The zero-order chi connectivity index (χ0) is 18.0. The van der Waals surface area contributed by atoms with E-state index < -0.39 is 10.2 Å². The number of carbonyl (C=O) groups excluding carboxylic acids is 1. The molecule has 1 amide bonds. The monoisotopic (exact) mass is 404 g/mol. The third-order valence-corrected chi connectivity index (χ3v) is 6.68. The molecule has 26 heavy (non-hydrogen) atoms. The van der Waals surface area contributed by atoms with Gasteiger partial charge in [-0.2, -0.15) is 17.0 Å². The number of nitrogens with zero attached hydrogens (tertiary/aromatic N) is 3. The Bertz CT molecular complexity index is 745. The zero-order valence-electron chi connectivity index (χ0n) is 14.8. The van der Waals surface area contributed by atoms with Gasteiger partial charge in [0.25, 0.3) is 16.1 Å². The van der Waals surface area contributed by atoms with Gasteiger partial charge in [0.2, 0.25) is 0 Å². The van der Waals surface area contributed by atoms with Crippen molar-refractivity contribution in [2.24, 2.45) is 0 Å². The third-order valence-electron chi connectivity index (χ3n) is 4.64. The largest absolute Gasteiger partial charge is 0.399 e. The van der Waals surface area contributed by atoms with Gasteiger partial charge in [0.15, 0.2) is 0 Å². The highest BCUT2D eigenvalue weighted by atomic mass is 35.5. The number of morpholine rings is 1. The molecule has 2 saturated heterocycles. The fourth-order valence-electron chi connectivity index (χ4n) is 3.10. The van der Waals surface area contributed by atoms with E-state index in [-0.39, 0.29) is 18.3 Å². The number of rotatable bonds is 3. The molecule has 0 bridgehead atoms. The standard InChI is InChI=1S/C16H24N4O4S.ClH/c1-13-2-3-14(17)12-15(13)16(21)18-4-6-19(7-5-18)25(22,23)20-8-10-24-11-9-20;/h2-3,12H,4-11,17H2,1H3;1H. The van der Waals surface area contributed by atoms with E-state index in [9.17, 15) is 13.2 Å². The lowest BCUT2D eigenvalue weighted by atomic mass is 10.1. The first-order valence-corrected chi connectivity index (χ1v) is 9.77. The van der Waals surface area contributed by atoms with Crippen LogP contribution in [0.3, 0.4) is 0 Å². The van der Waals surface area contributed by atoms with Crippen LogP contribution in [0.2, 0.25) is 0 Å². The number of halogens is 1. The summed E-state index contributed by atoms with van der Waals surface area (Å²) in [6, 6.07) is 5.26. The van der Waals surface area contributed by atoms with Crippen molar-refractivity contribution in [1.82, 2.24) is 13.5 Å². The van der Waals surface area contributed by atoms with Gasteiger partial charge in [0.1, 0.15) is 0 Å². The second-order valence-corrected chi connectivity index (χ2v) is 8.21. The molecule has 2 aliphatic rings. The molecule has 0 radical (unpaired) electrons. The van der Waals surface area contributed by atoms with Crippen LogP contribution in [0.25, 0.3) is 0 Å². The van der Waals surface area contributed by atoms with Crippen LogP contribution in [0.1, 0.15) is 15.9 Å². The Morgan fingerprint density at radius 1 is 1.04 bits per heavy atom. The maximum Gasteiger partial charge on any atom is 0.282 e. The number of piperazine rings is 1. The number of nitrogens with two attached hydrogens (primary N) is 1. The zero-order valence-corrected chi connectivity index (χ0v) is 16.4. The van der Waals surface area contributed by atoms with Crippen LogP contribution in [0.4, 0.5) is 5.69 Å². The van der Waals surface area contributed by atoms with Gasteiger partial charge in [0.05, 0.1) is 13.2 Å². The summed E-state index contributed by atoms with van der Waals surface area (Å²) in [5.41, 5.74) is 7.76. The lowest BCUT2D eigenvalue weighted by Crippen LogP contribution is -2.55. The molecule has 0 atom stereocenters. The van der Waals surface area contributed by atoms with E-state index in [1.807, 2.05) is 13.0 Å². The van der Waals surface area contributed by atoms with E-state index in [0.717, 1.165) is 5.56 Å². The number of anilines is 1. The SMILES string of the molecule is Cc1ccc(N)cc1C(=O)N1CCN(S(=O)(=O)N2CCOCC2)CC1.Cl. The van der Waals surface area contributed by atoms with Crippen molar-refractivity contribution in [2.75, 3.05) is 58.2 Å². The molecule has 0 spiro atoms. The van der Waals surface area contributed by atoms with E-state index in [1.54, 1.807) is 17.0 Å². The first-order chi connectivity index (χ1) is 11.9. The van der Waals surface area contributed by atoms with E-state index in [1.165, 1.54) is 8.61 Å². The van der Waals surface area contributed by atoms with Crippen LogP contribution in [0.5, 0.6) is 0 Å². The van der Waals surface area contributed by atoms with Gasteiger partial charge in [-0.25, -0.2) is 0 Å². The average Bonchev–Trinajstić information content (AvgIpc) is 2.64. The van der Waals surface area contributed by atoms with Gasteiger partial charge in [-0.05, 0) is 24.6 Å². The number of hydrogen-bond acceptors (Lipinski definition) is 5. The predicted molar refractivity (Wildman–Crippen MR) is 102 cm³/mol. The Hall–Kier alpha value is -1.39. The van der Waals surface area contributed by atoms with Gasteiger partial charge in [-0.15, -0.1) is 12.4 Å². The Morgan fingerprint density at radius 2 is 1.62 bits per heavy atom. The van der Waals surface area contributed by atoms with E-state index in [2.05, 4.69) is 0 Å². The lowest BCUT2D eigenvalue weighted by Gasteiger charge is -2.37. The van der Waals surface area contributed by atoms with Gasteiger partial charge in [-0.3, -0.25) is 4.79 Å². The number of hydrogen-bond donors (Lipinski definition) is 1. The summed E-state index contributed by atoms with van der Waals surface area (Å²) in [6.07, 6.45) is 0. The maximum atomic E-state index is 12.7. The summed E-state index contributed by atoms with van der Waals surface area (Å²) >= 11 is 0. The summed E-state index contributed by atoms with van der Waals surface area (Å²) in [4.78, 5) is 14.4. The highest BCUT2D eigenvalue weighted by Crippen LogP contribution is 2.18. The molecular formula is C16H25ClN4O4S. The number of nitrogen functional groups attached to an aromatic ring is 1. The maximum absolute atomic E-state index is 12.7. The van der Waals surface area contributed by atoms with Gasteiger partial charge in [0, 0.05) is 50.5 Å². The fraction of sp³-hybridized carbons (Fsp3) is 0.562. The minimum absolute atomic E-state index is 0. The first kappa shape index (κ1) is 20.9. The molecule has 0 aliphatic carbocycles. The number of carbonyl (C=O) groups is 1. The first-order valence-electron chi connectivity index (χ1n) is 8.38. The average molecular weight is 405 g/mol.